The minimum atomic E-state index is 0. The summed E-state index contributed by atoms with van der Waals surface area (Å²) in [6, 6.07) is 5.73. The van der Waals surface area contributed by atoms with E-state index < -0.39 is 0 Å². The van der Waals surface area contributed by atoms with Crippen LogP contribution in [0.3, 0.4) is 0 Å². The predicted octanol–water partition coefficient (Wildman–Crippen LogP) is 2.66. The molecule has 0 saturated heterocycles. The van der Waals surface area contributed by atoms with Crippen LogP contribution in [0, 0.1) is 11.3 Å². The number of aryl methyl sites for hydroxylation is 1. The summed E-state index contributed by atoms with van der Waals surface area (Å²) < 4.78 is 3.96. The Morgan fingerprint density at radius 3 is 2.62 bits per heavy atom. The molecule has 0 aliphatic carbocycles. The van der Waals surface area contributed by atoms with Gasteiger partial charge in [-0.2, -0.15) is 5.26 Å². The van der Waals surface area contributed by atoms with Gasteiger partial charge in [-0.3, -0.25) is 0 Å². The Morgan fingerprint density at radius 1 is 1.08 bits per heavy atom. The Morgan fingerprint density at radius 2 is 1.88 bits per heavy atom. The molecule has 0 aliphatic heterocycles. The van der Waals surface area contributed by atoms with Crippen molar-refractivity contribution in [3.63, 3.8) is 0 Å². The van der Waals surface area contributed by atoms with Crippen molar-refractivity contribution in [1.82, 2.24) is 34.1 Å². The van der Waals surface area contributed by atoms with Crippen molar-refractivity contribution < 1.29 is 0 Å². The van der Waals surface area contributed by atoms with Crippen LogP contribution in [0.4, 0.5) is 0 Å². The minimum absolute atomic E-state index is 0. The van der Waals surface area contributed by atoms with Crippen LogP contribution in [0.15, 0.2) is 43.1 Å². The van der Waals surface area contributed by atoms with Gasteiger partial charge in [0.1, 0.15) is 17.4 Å². The second-order valence-electron chi connectivity index (χ2n) is 5.36. The van der Waals surface area contributed by atoms with Gasteiger partial charge >= 0.3 is 0 Å². The molecule has 0 N–H and O–H groups in total. The summed E-state index contributed by atoms with van der Waals surface area (Å²) in [5.41, 5.74) is 1.91. The highest BCUT2D eigenvalue weighted by Gasteiger charge is 2.16. The lowest BCUT2D eigenvalue weighted by molar-refractivity contribution is 0.665. The van der Waals surface area contributed by atoms with E-state index in [4.69, 9.17) is 0 Å². The Balaban J connectivity index is 0.00000196. The molecule has 26 heavy (non-hydrogen) atoms. The van der Waals surface area contributed by atoms with Gasteiger partial charge in [0.15, 0.2) is 17.3 Å². The number of pyridine rings is 1. The van der Waals surface area contributed by atoms with Gasteiger partial charge in [-0.1, -0.05) is 7.43 Å². The maximum Gasteiger partial charge on any atom is 0.195 e. The largest absolute Gasteiger partial charge is 0.324 e. The third kappa shape index (κ3) is 2.80. The zero-order valence-corrected chi connectivity index (χ0v) is 13.5. The van der Waals surface area contributed by atoms with E-state index in [0.717, 1.165) is 16.9 Å². The number of nitriles is 1. The molecule has 0 atom stereocenters. The normalized spacial score (nSPS) is 10.5. The average molecular weight is 346 g/mol. The number of hydrogen-bond acceptors (Lipinski definition) is 6. The molecule has 4 rings (SSSR count). The van der Waals surface area contributed by atoms with Crippen LogP contribution < -0.4 is 0 Å². The van der Waals surface area contributed by atoms with Gasteiger partial charge in [0.05, 0.1) is 12.1 Å². The molecular formula is C18H18N8. The standard InChI is InChI=1S/C17H14N8.CH4/c1-2-25-14(23-12-4-7-19-13(10-18)15(12)25)11-24-9-8-22-17(24)16-20-5-3-6-21-16;/h3-9H,2,11H2,1H3;1H4. The van der Waals surface area contributed by atoms with Crippen LogP contribution in [-0.4, -0.2) is 34.1 Å². The van der Waals surface area contributed by atoms with Crippen molar-refractivity contribution in [1.29, 1.82) is 5.26 Å². The fourth-order valence-electron chi connectivity index (χ4n) is 2.88. The molecule has 0 radical (unpaired) electrons. The number of nitrogens with zero attached hydrogens (tertiary/aromatic N) is 8. The van der Waals surface area contributed by atoms with Crippen molar-refractivity contribution >= 4 is 11.0 Å². The van der Waals surface area contributed by atoms with Crippen LogP contribution in [0.5, 0.6) is 0 Å². The van der Waals surface area contributed by atoms with Gasteiger partial charge in [0, 0.05) is 37.5 Å². The van der Waals surface area contributed by atoms with Gasteiger partial charge in [0.25, 0.3) is 0 Å². The Kier molecular flexibility index (Phi) is 4.71. The lowest BCUT2D eigenvalue weighted by Gasteiger charge is -2.09. The van der Waals surface area contributed by atoms with E-state index >= 15 is 0 Å². The van der Waals surface area contributed by atoms with E-state index in [1.54, 1.807) is 30.9 Å². The van der Waals surface area contributed by atoms with Crippen molar-refractivity contribution in [3.8, 4) is 17.7 Å². The van der Waals surface area contributed by atoms with Gasteiger partial charge in [-0.15, -0.1) is 0 Å². The molecule has 4 aromatic rings. The van der Waals surface area contributed by atoms with E-state index in [9.17, 15) is 5.26 Å². The molecule has 0 spiro atoms. The number of hydrogen-bond donors (Lipinski definition) is 0. The van der Waals surface area contributed by atoms with Crippen molar-refractivity contribution in [2.24, 2.45) is 0 Å². The highest BCUT2D eigenvalue weighted by Crippen LogP contribution is 2.21. The molecular weight excluding hydrogens is 328 g/mol. The lowest BCUT2D eigenvalue weighted by atomic mass is 10.3. The first-order chi connectivity index (χ1) is 12.3. The number of imidazole rings is 2. The van der Waals surface area contributed by atoms with E-state index in [-0.39, 0.29) is 7.43 Å². The lowest BCUT2D eigenvalue weighted by Crippen LogP contribution is -2.09. The first-order valence-electron chi connectivity index (χ1n) is 7.84. The van der Waals surface area contributed by atoms with Gasteiger partial charge in [-0.05, 0) is 19.1 Å². The molecule has 4 heterocycles. The fraction of sp³-hybridized carbons (Fsp3) is 0.222. The third-order valence-corrected chi connectivity index (χ3v) is 3.95. The second-order valence-corrected chi connectivity index (χ2v) is 5.36. The van der Waals surface area contributed by atoms with Crippen molar-refractivity contribution in [2.75, 3.05) is 0 Å². The fourth-order valence-corrected chi connectivity index (χ4v) is 2.88. The first-order valence-corrected chi connectivity index (χ1v) is 7.84. The highest BCUT2D eigenvalue weighted by atomic mass is 15.2. The van der Waals surface area contributed by atoms with Gasteiger partial charge in [0.2, 0.25) is 0 Å². The molecule has 0 unspecified atom stereocenters. The topological polar surface area (TPSA) is 98.1 Å². The zero-order chi connectivity index (χ0) is 17.2. The zero-order valence-electron chi connectivity index (χ0n) is 13.5. The Hall–Kier alpha value is -3.60. The van der Waals surface area contributed by atoms with Crippen molar-refractivity contribution in [2.45, 2.75) is 27.4 Å². The summed E-state index contributed by atoms with van der Waals surface area (Å²) in [5, 5.41) is 9.33. The quantitative estimate of drug-likeness (QED) is 0.563. The molecule has 0 fully saturated rings. The van der Waals surface area contributed by atoms with E-state index in [1.807, 2.05) is 28.3 Å². The first kappa shape index (κ1) is 17.2. The Labute approximate surface area is 150 Å². The van der Waals surface area contributed by atoms with Gasteiger partial charge < -0.3 is 9.13 Å². The van der Waals surface area contributed by atoms with Crippen LogP contribution in [0.25, 0.3) is 22.7 Å². The highest BCUT2D eigenvalue weighted by molar-refractivity contribution is 5.80. The molecule has 0 amide bonds. The minimum Gasteiger partial charge on any atom is -0.324 e. The second kappa shape index (κ2) is 7.11. The monoisotopic (exact) mass is 346 g/mol. The van der Waals surface area contributed by atoms with Gasteiger partial charge in [-0.25, -0.2) is 24.9 Å². The molecule has 8 heteroatoms. The smallest absolute Gasteiger partial charge is 0.195 e. The average Bonchev–Trinajstić information content (AvgIpc) is 3.26. The van der Waals surface area contributed by atoms with E-state index in [0.29, 0.717) is 30.4 Å². The number of fused-ring (bicyclic) bond motifs is 1. The predicted molar refractivity (Wildman–Crippen MR) is 97.0 cm³/mol. The number of aromatic nitrogens is 7. The molecule has 0 aliphatic rings. The summed E-state index contributed by atoms with van der Waals surface area (Å²) in [7, 11) is 0. The number of rotatable bonds is 4. The molecule has 8 nitrogen and oxygen atoms in total. The van der Waals surface area contributed by atoms with Crippen LogP contribution in [0.1, 0.15) is 25.9 Å². The molecule has 0 bridgehead atoms. The summed E-state index contributed by atoms with van der Waals surface area (Å²) in [5.74, 6) is 2.07. The van der Waals surface area contributed by atoms with Crippen LogP contribution in [0.2, 0.25) is 0 Å². The van der Waals surface area contributed by atoms with E-state index in [1.165, 1.54) is 0 Å². The summed E-state index contributed by atoms with van der Waals surface area (Å²) in [4.78, 5) is 21.7. The molecule has 0 aromatic carbocycles. The SMILES string of the molecule is C.CCn1c(Cn2ccnc2-c2ncccn2)nc2ccnc(C#N)c21. The van der Waals surface area contributed by atoms with Crippen molar-refractivity contribution in [3.05, 3.63) is 54.6 Å². The maximum atomic E-state index is 9.33. The Bertz CT molecular complexity index is 1070. The summed E-state index contributed by atoms with van der Waals surface area (Å²) >= 11 is 0. The maximum absolute atomic E-state index is 9.33. The molecule has 4 aromatic heterocycles. The van der Waals surface area contributed by atoms with Crippen LogP contribution in [-0.2, 0) is 13.1 Å². The molecule has 130 valence electrons. The van der Waals surface area contributed by atoms with Crippen LogP contribution >= 0.6 is 0 Å². The summed E-state index contributed by atoms with van der Waals surface area (Å²) in [6.07, 6.45) is 8.57. The third-order valence-electron chi connectivity index (χ3n) is 3.95. The summed E-state index contributed by atoms with van der Waals surface area (Å²) in [6.45, 7) is 3.22. The van der Waals surface area contributed by atoms with E-state index in [2.05, 4.69) is 31.0 Å². The molecule has 0 saturated carbocycles.